The monoisotopic (exact) mass is 387 g/mol. The van der Waals surface area contributed by atoms with Crippen LogP contribution in [0.2, 0.25) is 0 Å². The van der Waals surface area contributed by atoms with E-state index in [2.05, 4.69) is 20.6 Å². The van der Waals surface area contributed by atoms with Crippen molar-refractivity contribution in [2.24, 2.45) is 0 Å². The smallest absolute Gasteiger partial charge is 0.237 e. The van der Waals surface area contributed by atoms with E-state index in [9.17, 15) is 14.0 Å². The van der Waals surface area contributed by atoms with Crippen LogP contribution >= 0.6 is 0 Å². The highest BCUT2D eigenvalue weighted by molar-refractivity contribution is 5.88. The van der Waals surface area contributed by atoms with Crippen molar-refractivity contribution in [1.82, 2.24) is 25.5 Å². The molecular formula is C19H22FN5O3. The molecule has 2 aromatic rings. The Morgan fingerprint density at radius 2 is 2.29 bits per heavy atom. The second-order valence-corrected chi connectivity index (χ2v) is 6.42. The predicted octanol–water partition coefficient (Wildman–Crippen LogP) is 0.631. The summed E-state index contributed by atoms with van der Waals surface area (Å²) in [6, 6.07) is 5.65. The number of nitrogens with one attached hydrogen (secondary N) is 2. The first-order valence-electron chi connectivity index (χ1n) is 8.92. The average molecular weight is 387 g/mol. The van der Waals surface area contributed by atoms with Gasteiger partial charge in [0, 0.05) is 37.5 Å². The number of hydrogen-bond acceptors (Lipinski definition) is 6. The Bertz CT molecular complexity index is 834. The topological polar surface area (TPSA) is 96.5 Å². The minimum Gasteiger partial charge on any atom is -0.497 e. The van der Waals surface area contributed by atoms with Gasteiger partial charge in [-0.15, -0.1) is 0 Å². The molecule has 1 fully saturated rings. The Morgan fingerprint density at radius 3 is 3.00 bits per heavy atom. The second kappa shape index (κ2) is 9.23. The van der Waals surface area contributed by atoms with Gasteiger partial charge in [-0.25, -0.2) is 14.4 Å². The number of benzene rings is 1. The van der Waals surface area contributed by atoms with E-state index >= 15 is 0 Å². The van der Waals surface area contributed by atoms with E-state index in [0.29, 0.717) is 30.1 Å². The van der Waals surface area contributed by atoms with Gasteiger partial charge in [0.05, 0.1) is 31.8 Å². The number of carbonyl (C=O) groups is 2. The molecule has 0 saturated carbocycles. The molecule has 1 saturated heterocycles. The third kappa shape index (κ3) is 5.01. The predicted molar refractivity (Wildman–Crippen MR) is 98.7 cm³/mol. The molecule has 0 aliphatic carbocycles. The lowest BCUT2D eigenvalue weighted by Crippen LogP contribution is -2.56. The normalized spacial score (nSPS) is 17.1. The Hall–Kier alpha value is -3.07. The molecule has 1 unspecified atom stereocenters. The number of halogens is 1. The molecule has 1 atom stereocenters. The van der Waals surface area contributed by atoms with Crippen molar-refractivity contribution in [1.29, 1.82) is 0 Å². The number of methoxy groups -OCH3 is 1. The van der Waals surface area contributed by atoms with Crippen LogP contribution in [0.3, 0.4) is 0 Å². The largest absolute Gasteiger partial charge is 0.497 e. The number of rotatable bonds is 7. The van der Waals surface area contributed by atoms with Crippen molar-refractivity contribution in [2.45, 2.75) is 25.6 Å². The standard InChI is InChI=1S/C19H22FN5O3/c1-28-15-3-2-13(16(20)8-15)11-25-7-6-22-19(27)17(25)9-18(26)23-10-14-4-5-21-12-24-14/h2-5,8,12,17H,6-7,9-11H2,1H3,(H,22,27)(H,23,26). The van der Waals surface area contributed by atoms with Gasteiger partial charge in [0.1, 0.15) is 17.9 Å². The number of aromatic nitrogens is 2. The molecule has 148 valence electrons. The zero-order chi connectivity index (χ0) is 19.9. The van der Waals surface area contributed by atoms with Crippen LogP contribution in [0, 0.1) is 5.82 Å². The lowest BCUT2D eigenvalue weighted by atomic mass is 10.1. The summed E-state index contributed by atoms with van der Waals surface area (Å²) >= 11 is 0. The number of nitrogens with zero attached hydrogens (tertiary/aromatic N) is 3. The summed E-state index contributed by atoms with van der Waals surface area (Å²) in [6.45, 7) is 1.46. The highest BCUT2D eigenvalue weighted by Crippen LogP contribution is 2.20. The Balaban J connectivity index is 1.63. The van der Waals surface area contributed by atoms with Crippen molar-refractivity contribution in [2.75, 3.05) is 20.2 Å². The Labute approximate surface area is 162 Å². The van der Waals surface area contributed by atoms with Crippen LogP contribution in [0.15, 0.2) is 36.8 Å². The van der Waals surface area contributed by atoms with E-state index in [1.165, 1.54) is 19.5 Å². The van der Waals surface area contributed by atoms with Gasteiger partial charge >= 0.3 is 0 Å². The molecular weight excluding hydrogens is 365 g/mol. The van der Waals surface area contributed by atoms with Gasteiger partial charge in [-0.2, -0.15) is 0 Å². The van der Waals surface area contributed by atoms with Crippen LogP contribution in [0.4, 0.5) is 4.39 Å². The molecule has 2 heterocycles. The van der Waals surface area contributed by atoms with Crippen LogP contribution in [0.1, 0.15) is 17.7 Å². The van der Waals surface area contributed by atoms with Gasteiger partial charge in [-0.1, -0.05) is 6.07 Å². The number of piperazine rings is 1. The first-order chi connectivity index (χ1) is 13.6. The molecule has 8 nitrogen and oxygen atoms in total. The quantitative estimate of drug-likeness (QED) is 0.724. The fourth-order valence-corrected chi connectivity index (χ4v) is 3.03. The first-order valence-corrected chi connectivity index (χ1v) is 8.92. The molecule has 1 aromatic carbocycles. The maximum absolute atomic E-state index is 14.3. The van der Waals surface area contributed by atoms with Gasteiger partial charge in [-0.05, 0) is 12.1 Å². The van der Waals surface area contributed by atoms with Gasteiger partial charge in [-0.3, -0.25) is 14.5 Å². The summed E-state index contributed by atoms with van der Waals surface area (Å²) in [7, 11) is 1.47. The highest BCUT2D eigenvalue weighted by Gasteiger charge is 2.32. The zero-order valence-corrected chi connectivity index (χ0v) is 15.5. The molecule has 2 amide bonds. The molecule has 28 heavy (non-hydrogen) atoms. The number of carbonyl (C=O) groups excluding carboxylic acids is 2. The SMILES string of the molecule is COc1ccc(CN2CCNC(=O)C2CC(=O)NCc2ccncn2)c(F)c1. The Morgan fingerprint density at radius 1 is 1.43 bits per heavy atom. The van der Waals surface area contributed by atoms with Gasteiger partial charge in [0.15, 0.2) is 0 Å². The fourth-order valence-electron chi connectivity index (χ4n) is 3.03. The van der Waals surface area contributed by atoms with E-state index in [1.807, 2.05) is 4.90 Å². The fraction of sp³-hybridized carbons (Fsp3) is 0.368. The minimum atomic E-state index is -0.666. The highest BCUT2D eigenvalue weighted by atomic mass is 19.1. The maximum Gasteiger partial charge on any atom is 0.237 e. The summed E-state index contributed by atoms with van der Waals surface area (Å²) in [6.07, 6.45) is 2.98. The van der Waals surface area contributed by atoms with E-state index < -0.39 is 11.9 Å². The van der Waals surface area contributed by atoms with Crippen LogP contribution in [0.25, 0.3) is 0 Å². The molecule has 0 spiro atoms. The third-order valence-electron chi connectivity index (χ3n) is 4.56. The van der Waals surface area contributed by atoms with Crippen molar-refractivity contribution in [3.05, 3.63) is 53.9 Å². The van der Waals surface area contributed by atoms with E-state index in [0.717, 1.165) is 0 Å². The van der Waals surface area contributed by atoms with Gasteiger partial charge in [0.25, 0.3) is 0 Å². The van der Waals surface area contributed by atoms with Crippen LogP contribution in [-0.4, -0.2) is 52.9 Å². The van der Waals surface area contributed by atoms with E-state index in [1.54, 1.807) is 24.4 Å². The summed E-state index contributed by atoms with van der Waals surface area (Å²) in [4.78, 5) is 34.3. The summed E-state index contributed by atoms with van der Waals surface area (Å²) in [5.74, 6) is -0.492. The maximum atomic E-state index is 14.3. The van der Waals surface area contributed by atoms with Crippen molar-refractivity contribution >= 4 is 11.8 Å². The number of hydrogen-bond donors (Lipinski definition) is 2. The number of ether oxygens (including phenoxy) is 1. The van der Waals surface area contributed by atoms with E-state index in [4.69, 9.17) is 4.74 Å². The lowest BCUT2D eigenvalue weighted by molar-refractivity contribution is -0.134. The zero-order valence-electron chi connectivity index (χ0n) is 15.5. The molecule has 0 bridgehead atoms. The molecule has 1 aliphatic heterocycles. The van der Waals surface area contributed by atoms with Gasteiger partial charge in [0.2, 0.25) is 11.8 Å². The third-order valence-corrected chi connectivity index (χ3v) is 4.56. The van der Waals surface area contributed by atoms with Gasteiger partial charge < -0.3 is 15.4 Å². The van der Waals surface area contributed by atoms with Crippen LogP contribution in [0.5, 0.6) is 5.75 Å². The van der Waals surface area contributed by atoms with Crippen LogP contribution < -0.4 is 15.4 Å². The lowest BCUT2D eigenvalue weighted by Gasteiger charge is -2.34. The molecule has 3 rings (SSSR count). The van der Waals surface area contributed by atoms with Crippen LogP contribution in [-0.2, 0) is 22.7 Å². The average Bonchev–Trinajstić information content (AvgIpc) is 2.71. The number of amides is 2. The first kappa shape index (κ1) is 19.7. The Kier molecular flexibility index (Phi) is 6.49. The van der Waals surface area contributed by atoms with Crippen molar-refractivity contribution < 1.29 is 18.7 Å². The summed E-state index contributed by atoms with van der Waals surface area (Å²) in [5.41, 5.74) is 1.12. The summed E-state index contributed by atoms with van der Waals surface area (Å²) in [5, 5.41) is 5.52. The molecule has 0 radical (unpaired) electrons. The molecule has 2 N–H and O–H groups in total. The minimum absolute atomic E-state index is 0.0192. The van der Waals surface area contributed by atoms with E-state index in [-0.39, 0.29) is 31.3 Å². The molecule has 9 heteroatoms. The second-order valence-electron chi connectivity index (χ2n) is 6.42. The van der Waals surface area contributed by atoms with Crippen molar-refractivity contribution in [3.63, 3.8) is 0 Å². The summed E-state index contributed by atoms with van der Waals surface area (Å²) < 4.78 is 19.3. The van der Waals surface area contributed by atoms with Crippen molar-refractivity contribution in [3.8, 4) is 5.75 Å². The molecule has 1 aliphatic rings. The molecule has 1 aromatic heterocycles.